The molecule has 126 valence electrons. The molecule has 0 spiro atoms. The van der Waals surface area contributed by atoms with E-state index in [4.69, 9.17) is 0 Å². The molecule has 0 unspecified atom stereocenters. The maximum Gasteiger partial charge on any atom is 0.352 e. The fourth-order valence-electron chi connectivity index (χ4n) is 3.13. The van der Waals surface area contributed by atoms with Crippen molar-refractivity contribution in [2.75, 3.05) is 0 Å². The van der Waals surface area contributed by atoms with Crippen LogP contribution in [0.4, 0.5) is 0 Å². The average molecular weight is 328 g/mol. The first-order chi connectivity index (χ1) is 11.5. The van der Waals surface area contributed by atoms with Gasteiger partial charge in [0.25, 0.3) is 5.69 Å². The standard InChI is InChI=1S/C18H20N2O4/c1-12-7-9-13(10-8-12)17(21)11-16-18(22)20(24)15-6-4-2-3-5-14(15)19(16)23/h7-10,24H,2-6,11H2,1H3. The first-order valence-electron chi connectivity index (χ1n) is 8.17. The Morgan fingerprint density at radius 2 is 1.88 bits per heavy atom. The fraction of sp³-hybridized carbons (Fsp3) is 0.389. The molecule has 3 rings (SSSR count). The third-order valence-electron chi connectivity index (χ3n) is 4.55. The predicted octanol–water partition coefficient (Wildman–Crippen LogP) is 1.72. The molecule has 0 aliphatic heterocycles. The number of ketones is 1. The van der Waals surface area contributed by atoms with E-state index in [9.17, 15) is 20.0 Å². The van der Waals surface area contributed by atoms with Crippen LogP contribution in [0.25, 0.3) is 0 Å². The van der Waals surface area contributed by atoms with Gasteiger partial charge in [0.1, 0.15) is 12.1 Å². The predicted molar refractivity (Wildman–Crippen MR) is 87.3 cm³/mol. The van der Waals surface area contributed by atoms with Crippen LogP contribution < -0.4 is 10.3 Å². The Morgan fingerprint density at radius 3 is 2.58 bits per heavy atom. The highest BCUT2D eigenvalue weighted by molar-refractivity contribution is 5.97. The summed E-state index contributed by atoms with van der Waals surface area (Å²) in [6, 6.07) is 6.96. The molecule has 0 saturated heterocycles. The summed E-state index contributed by atoms with van der Waals surface area (Å²) in [6.07, 6.45) is 3.29. The summed E-state index contributed by atoms with van der Waals surface area (Å²) in [5.41, 5.74) is 1.22. The number of nitrogens with zero attached hydrogens (tertiary/aromatic N) is 2. The monoisotopic (exact) mass is 328 g/mol. The van der Waals surface area contributed by atoms with E-state index in [0.717, 1.165) is 24.8 Å². The molecule has 2 aromatic rings. The summed E-state index contributed by atoms with van der Waals surface area (Å²) in [7, 11) is 0. The maximum atomic E-state index is 12.6. The van der Waals surface area contributed by atoms with Gasteiger partial charge in [0.05, 0.1) is 0 Å². The molecule has 0 saturated carbocycles. The zero-order chi connectivity index (χ0) is 17.3. The molecule has 0 fully saturated rings. The maximum absolute atomic E-state index is 12.6. The average Bonchev–Trinajstić information content (AvgIpc) is 2.83. The topological polar surface area (TPSA) is 86.2 Å². The Labute approximate surface area is 139 Å². The van der Waals surface area contributed by atoms with Gasteiger partial charge in [-0.25, -0.2) is 0 Å². The molecule has 1 heterocycles. The van der Waals surface area contributed by atoms with Gasteiger partial charge in [-0.3, -0.25) is 9.59 Å². The molecule has 0 atom stereocenters. The molecule has 6 nitrogen and oxygen atoms in total. The van der Waals surface area contributed by atoms with Crippen molar-refractivity contribution < 1.29 is 14.7 Å². The van der Waals surface area contributed by atoms with E-state index in [1.54, 1.807) is 24.3 Å². The van der Waals surface area contributed by atoms with Crippen LogP contribution in [0.3, 0.4) is 0 Å². The van der Waals surface area contributed by atoms with E-state index in [1.807, 2.05) is 6.92 Å². The number of hydrogen-bond acceptors (Lipinski definition) is 4. The minimum absolute atomic E-state index is 0.219. The largest absolute Gasteiger partial charge is 0.618 e. The quantitative estimate of drug-likeness (QED) is 0.306. The Kier molecular flexibility index (Phi) is 4.38. The summed E-state index contributed by atoms with van der Waals surface area (Å²) >= 11 is 0. The van der Waals surface area contributed by atoms with Gasteiger partial charge >= 0.3 is 5.56 Å². The van der Waals surface area contributed by atoms with Crippen molar-refractivity contribution in [1.82, 2.24) is 4.73 Å². The molecule has 1 aromatic heterocycles. The van der Waals surface area contributed by atoms with E-state index >= 15 is 0 Å². The molecule has 0 bridgehead atoms. The number of fused-ring (bicyclic) bond motifs is 1. The molecular formula is C18H20N2O4. The third kappa shape index (κ3) is 2.91. The summed E-state index contributed by atoms with van der Waals surface area (Å²) < 4.78 is 1.13. The van der Waals surface area contributed by atoms with Gasteiger partial charge in [-0.2, -0.15) is 4.73 Å². The number of Topliss-reactive ketones (excluding diaryl/α,β-unsaturated/α-hetero) is 1. The SMILES string of the molecule is Cc1ccc(C(=O)Cc2c(=O)n(O)c3c([n+]2[O-])CCCCC3)cc1. The highest BCUT2D eigenvalue weighted by Gasteiger charge is 2.28. The van der Waals surface area contributed by atoms with Crippen LogP contribution in [-0.2, 0) is 19.3 Å². The first kappa shape index (κ1) is 16.2. The van der Waals surface area contributed by atoms with Crippen LogP contribution in [0.15, 0.2) is 29.1 Å². The van der Waals surface area contributed by atoms with Gasteiger partial charge < -0.3 is 10.4 Å². The Morgan fingerprint density at radius 1 is 1.21 bits per heavy atom. The normalized spacial score (nSPS) is 14.0. The van der Waals surface area contributed by atoms with E-state index in [0.29, 0.717) is 39.3 Å². The van der Waals surface area contributed by atoms with Crippen molar-refractivity contribution in [1.29, 1.82) is 0 Å². The lowest BCUT2D eigenvalue weighted by molar-refractivity contribution is -0.624. The van der Waals surface area contributed by atoms with Gasteiger partial charge in [-0.15, -0.1) is 4.73 Å². The van der Waals surface area contributed by atoms with Crippen LogP contribution in [0.1, 0.15) is 52.3 Å². The smallest absolute Gasteiger partial charge is 0.352 e. The van der Waals surface area contributed by atoms with Crippen LogP contribution >= 0.6 is 0 Å². The van der Waals surface area contributed by atoms with Crippen molar-refractivity contribution in [3.63, 3.8) is 0 Å². The van der Waals surface area contributed by atoms with Crippen molar-refractivity contribution in [3.8, 4) is 0 Å². The van der Waals surface area contributed by atoms with Gasteiger partial charge in [0, 0.05) is 12.0 Å². The molecule has 1 aromatic carbocycles. The number of rotatable bonds is 3. The fourth-order valence-corrected chi connectivity index (χ4v) is 3.13. The van der Waals surface area contributed by atoms with E-state index in [2.05, 4.69) is 0 Å². The van der Waals surface area contributed by atoms with E-state index < -0.39 is 5.56 Å². The van der Waals surface area contributed by atoms with Gasteiger partial charge in [-0.05, 0) is 26.2 Å². The third-order valence-corrected chi connectivity index (χ3v) is 4.55. The van der Waals surface area contributed by atoms with E-state index in [1.165, 1.54) is 0 Å². The number of benzene rings is 1. The second-order valence-corrected chi connectivity index (χ2v) is 6.28. The number of aromatic nitrogens is 2. The lowest BCUT2D eigenvalue weighted by atomic mass is 10.0. The molecular weight excluding hydrogens is 308 g/mol. The van der Waals surface area contributed by atoms with Crippen molar-refractivity contribution in [2.24, 2.45) is 0 Å². The molecule has 0 radical (unpaired) electrons. The lowest BCUT2D eigenvalue weighted by Crippen LogP contribution is -2.48. The summed E-state index contributed by atoms with van der Waals surface area (Å²) in [5.74, 6) is -0.315. The Bertz CT molecular complexity index is 838. The number of hydrogen-bond donors (Lipinski definition) is 1. The van der Waals surface area contributed by atoms with Gasteiger partial charge in [0.2, 0.25) is 5.69 Å². The highest BCUT2D eigenvalue weighted by atomic mass is 16.5. The van der Waals surface area contributed by atoms with Crippen LogP contribution in [0.5, 0.6) is 0 Å². The molecule has 1 aliphatic carbocycles. The minimum atomic E-state index is -0.800. The number of aryl methyl sites for hydroxylation is 1. The van der Waals surface area contributed by atoms with Crippen molar-refractivity contribution in [2.45, 2.75) is 45.4 Å². The Hall–Kier alpha value is -2.63. The molecule has 0 amide bonds. The first-order valence-corrected chi connectivity index (χ1v) is 8.17. The van der Waals surface area contributed by atoms with Crippen molar-refractivity contribution >= 4 is 5.78 Å². The lowest BCUT2D eigenvalue weighted by Gasteiger charge is -2.13. The molecule has 6 heteroatoms. The highest BCUT2D eigenvalue weighted by Crippen LogP contribution is 2.17. The van der Waals surface area contributed by atoms with Crippen LogP contribution in [-0.4, -0.2) is 15.7 Å². The second-order valence-electron chi connectivity index (χ2n) is 6.28. The van der Waals surface area contributed by atoms with Gasteiger partial charge in [0.15, 0.2) is 5.78 Å². The van der Waals surface area contributed by atoms with Crippen molar-refractivity contribution in [3.05, 3.63) is 68.0 Å². The zero-order valence-electron chi connectivity index (χ0n) is 13.6. The zero-order valence-corrected chi connectivity index (χ0v) is 13.6. The van der Waals surface area contributed by atoms with Gasteiger partial charge in [-0.1, -0.05) is 36.2 Å². The summed E-state index contributed by atoms with van der Waals surface area (Å²) in [5, 5.41) is 22.7. The molecule has 24 heavy (non-hydrogen) atoms. The summed E-state index contributed by atoms with van der Waals surface area (Å²) in [6.45, 7) is 1.91. The minimum Gasteiger partial charge on any atom is -0.618 e. The Balaban J connectivity index is 2.00. The van der Waals surface area contributed by atoms with Crippen LogP contribution in [0.2, 0.25) is 0 Å². The number of carbonyl (C=O) groups excluding carboxylic acids is 1. The number of carbonyl (C=O) groups is 1. The van der Waals surface area contributed by atoms with E-state index in [-0.39, 0.29) is 17.9 Å². The second kappa shape index (κ2) is 6.47. The van der Waals surface area contributed by atoms with Crippen LogP contribution in [0, 0.1) is 12.1 Å². The molecule has 1 N–H and O–H groups in total. The summed E-state index contributed by atoms with van der Waals surface area (Å²) in [4.78, 5) is 24.7. The molecule has 1 aliphatic rings.